The fraction of sp³-hybridized carbons (Fsp3) is 0.200. The van der Waals surface area contributed by atoms with E-state index in [0.717, 1.165) is 17.5 Å². The Hall–Kier alpha value is -3.51. The van der Waals surface area contributed by atoms with Crippen LogP contribution in [0.25, 0.3) is 0 Å². The largest absolute Gasteiger partial charge is 0.352 e. The van der Waals surface area contributed by atoms with Gasteiger partial charge in [0.15, 0.2) is 0 Å². The van der Waals surface area contributed by atoms with Crippen molar-refractivity contribution in [2.75, 3.05) is 25.5 Å². The van der Waals surface area contributed by atoms with E-state index in [4.69, 9.17) is 0 Å². The Kier molecular flexibility index (Phi) is 7.90. The van der Waals surface area contributed by atoms with Crippen LogP contribution in [-0.2, 0) is 17.8 Å². The number of halogens is 1. The van der Waals surface area contributed by atoms with Gasteiger partial charge in [-0.25, -0.2) is 4.39 Å². The zero-order chi connectivity index (χ0) is 22.1. The number of carbonyl (C=O) groups is 2. The number of hydrogen-bond donors (Lipinski definition) is 2. The van der Waals surface area contributed by atoms with Gasteiger partial charge in [0.25, 0.3) is 5.91 Å². The quantitative estimate of drug-likeness (QED) is 0.554. The summed E-state index contributed by atoms with van der Waals surface area (Å²) in [5, 5.41) is 5.72. The average Bonchev–Trinajstić information content (AvgIpc) is 2.74. The number of anilines is 1. The van der Waals surface area contributed by atoms with Crippen LogP contribution in [0.15, 0.2) is 78.9 Å². The summed E-state index contributed by atoms with van der Waals surface area (Å²) in [6.07, 6.45) is 0.728. The van der Waals surface area contributed by atoms with Crippen molar-refractivity contribution in [3.05, 3.63) is 101 Å². The van der Waals surface area contributed by atoms with Crippen molar-refractivity contribution in [1.29, 1.82) is 0 Å². The van der Waals surface area contributed by atoms with Crippen LogP contribution < -0.4 is 10.6 Å². The van der Waals surface area contributed by atoms with E-state index in [2.05, 4.69) is 10.6 Å². The molecule has 160 valence electrons. The number of nitrogens with zero attached hydrogens (tertiary/aromatic N) is 1. The molecule has 0 aliphatic carbocycles. The Labute approximate surface area is 181 Å². The standard InChI is InChI=1S/C25H26FN3O2/c1-29(17-20-10-7-11-21(26)16-20)18-24(30)28-23-13-6-5-12-22(23)25(31)27-15-14-19-8-3-2-4-9-19/h2-13,16H,14-15,17-18H2,1H3,(H,27,31)(H,28,30). The first-order valence-corrected chi connectivity index (χ1v) is 10.2. The van der Waals surface area contributed by atoms with E-state index in [1.807, 2.05) is 36.4 Å². The highest BCUT2D eigenvalue weighted by Crippen LogP contribution is 2.15. The first kappa shape index (κ1) is 22.2. The van der Waals surface area contributed by atoms with Gasteiger partial charge in [0.1, 0.15) is 5.82 Å². The van der Waals surface area contributed by atoms with E-state index in [1.165, 1.54) is 12.1 Å². The molecule has 2 amide bonds. The molecule has 0 aliphatic heterocycles. The van der Waals surface area contributed by atoms with E-state index < -0.39 is 0 Å². The lowest BCUT2D eigenvalue weighted by molar-refractivity contribution is -0.117. The van der Waals surface area contributed by atoms with Crippen molar-refractivity contribution in [3.63, 3.8) is 0 Å². The lowest BCUT2D eigenvalue weighted by Gasteiger charge is -2.17. The summed E-state index contributed by atoms with van der Waals surface area (Å²) in [7, 11) is 1.78. The maximum Gasteiger partial charge on any atom is 0.253 e. The highest BCUT2D eigenvalue weighted by Gasteiger charge is 2.14. The van der Waals surface area contributed by atoms with Gasteiger partial charge in [0.2, 0.25) is 5.91 Å². The van der Waals surface area contributed by atoms with Gasteiger partial charge in [0.05, 0.1) is 17.8 Å². The zero-order valence-corrected chi connectivity index (χ0v) is 17.5. The molecule has 0 aromatic heterocycles. The topological polar surface area (TPSA) is 61.4 Å². The molecule has 0 bridgehead atoms. The van der Waals surface area contributed by atoms with Crippen LogP contribution in [0.5, 0.6) is 0 Å². The molecule has 31 heavy (non-hydrogen) atoms. The molecule has 6 heteroatoms. The van der Waals surface area contributed by atoms with Gasteiger partial charge >= 0.3 is 0 Å². The molecule has 3 aromatic carbocycles. The molecule has 5 nitrogen and oxygen atoms in total. The van der Waals surface area contributed by atoms with Gasteiger partial charge in [-0.2, -0.15) is 0 Å². The smallest absolute Gasteiger partial charge is 0.253 e. The highest BCUT2D eigenvalue weighted by molar-refractivity contribution is 6.04. The maximum atomic E-state index is 13.3. The fourth-order valence-corrected chi connectivity index (χ4v) is 3.29. The normalized spacial score (nSPS) is 10.7. The Morgan fingerprint density at radius 1 is 0.903 bits per heavy atom. The van der Waals surface area contributed by atoms with Gasteiger partial charge < -0.3 is 10.6 Å². The summed E-state index contributed by atoms with van der Waals surface area (Å²) >= 11 is 0. The molecule has 3 rings (SSSR count). The number of rotatable bonds is 9. The third-order valence-corrected chi connectivity index (χ3v) is 4.74. The first-order valence-electron chi connectivity index (χ1n) is 10.2. The van der Waals surface area contributed by atoms with E-state index in [-0.39, 0.29) is 24.2 Å². The van der Waals surface area contributed by atoms with Gasteiger partial charge in [0, 0.05) is 13.1 Å². The number of amides is 2. The van der Waals surface area contributed by atoms with Gasteiger partial charge in [-0.3, -0.25) is 14.5 Å². The number of para-hydroxylation sites is 1. The number of likely N-dealkylation sites (N-methyl/N-ethyl adjacent to an activating group) is 1. The Morgan fingerprint density at radius 3 is 2.39 bits per heavy atom. The van der Waals surface area contributed by atoms with Crippen LogP contribution in [0.2, 0.25) is 0 Å². The Morgan fingerprint density at radius 2 is 1.61 bits per heavy atom. The minimum atomic E-state index is -0.303. The minimum absolute atomic E-state index is 0.112. The highest BCUT2D eigenvalue weighted by atomic mass is 19.1. The van der Waals surface area contributed by atoms with Crippen LogP contribution >= 0.6 is 0 Å². The molecule has 2 N–H and O–H groups in total. The monoisotopic (exact) mass is 419 g/mol. The van der Waals surface area contributed by atoms with Crippen LogP contribution in [0.1, 0.15) is 21.5 Å². The average molecular weight is 420 g/mol. The summed E-state index contributed by atoms with van der Waals surface area (Å²) < 4.78 is 13.3. The van der Waals surface area contributed by atoms with Crippen LogP contribution in [0, 0.1) is 5.82 Å². The van der Waals surface area contributed by atoms with Gasteiger partial charge in [-0.05, 0) is 48.9 Å². The van der Waals surface area contributed by atoms with Crippen molar-refractivity contribution in [3.8, 4) is 0 Å². The van der Waals surface area contributed by atoms with Gasteiger partial charge in [-0.1, -0.05) is 54.6 Å². The molecule has 0 unspecified atom stereocenters. The molecule has 0 atom stereocenters. The molecule has 0 spiro atoms. The van der Waals surface area contributed by atoms with E-state index in [9.17, 15) is 14.0 Å². The second-order valence-corrected chi connectivity index (χ2v) is 7.39. The summed E-state index contributed by atoms with van der Waals surface area (Å²) in [6, 6.07) is 23.1. The number of hydrogen-bond acceptors (Lipinski definition) is 3. The lowest BCUT2D eigenvalue weighted by atomic mass is 10.1. The van der Waals surface area contributed by atoms with Crippen molar-refractivity contribution in [1.82, 2.24) is 10.2 Å². The molecular weight excluding hydrogens is 393 g/mol. The summed E-state index contributed by atoms with van der Waals surface area (Å²) in [5.41, 5.74) is 2.81. The van der Waals surface area contributed by atoms with Crippen molar-refractivity contribution in [2.24, 2.45) is 0 Å². The second-order valence-electron chi connectivity index (χ2n) is 7.39. The molecule has 3 aromatic rings. The Bertz CT molecular complexity index is 1020. The maximum absolute atomic E-state index is 13.3. The van der Waals surface area contributed by atoms with Crippen molar-refractivity contribution >= 4 is 17.5 Å². The van der Waals surface area contributed by atoms with Crippen molar-refractivity contribution < 1.29 is 14.0 Å². The first-order chi connectivity index (χ1) is 15.0. The third kappa shape index (κ3) is 7.04. The predicted octanol–water partition coefficient (Wildman–Crippen LogP) is 3.87. The molecule has 0 heterocycles. The van der Waals surface area contributed by atoms with E-state index in [1.54, 1.807) is 42.3 Å². The molecular formula is C25H26FN3O2. The SMILES string of the molecule is CN(CC(=O)Nc1ccccc1C(=O)NCCc1ccccc1)Cc1cccc(F)c1. The predicted molar refractivity (Wildman–Crippen MR) is 120 cm³/mol. The van der Waals surface area contributed by atoms with Crippen molar-refractivity contribution in [2.45, 2.75) is 13.0 Å². The summed E-state index contributed by atoms with van der Waals surface area (Å²) in [4.78, 5) is 26.9. The van der Waals surface area contributed by atoms with Crippen LogP contribution in [0.4, 0.5) is 10.1 Å². The number of benzene rings is 3. The van der Waals surface area contributed by atoms with Crippen LogP contribution in [-0.4, -0.2) is 36.9 Å². The Balaban J connectivity index is 1.54. The number of nitrogens with one attached hydrogen (secondary N) is 2. The van der Waals surface area contributed by atoms with Gasteiger partial charge in [-0.15, -0.1) is 0 Å². The lowest BCUT2D eigenvalue weighted by Crippen LogP contribution is -2.31. The molecule has 0 fully saturated rings. The zero-order valence-electron chi connectivity index (χ0n) is 17.5. The fourth-order valence-electron chi connectivity index (χ4n) is 3.29. The van der Waals surface area contributed by atoms with E-state index in [0.29, 0.717) is 24.3 Å². The molecule has 0 aliphatic rings. The molecule has 0 radical (unpaired) electrons. The van der Waals surface area contributed by atoms with Crippen LogP contribution in [0.3, 0.4) is 0 Å². The summed E-state index contributed by atoms with van der Waals surface area (Å²) in [6.45, 7) is 1.05. The minimum Gasteiger partial charge on any atom is -0.352 e. The molecule has 0 saturated heterocycles. The summed E-state index contributed by atoms with van der Waals surface area (Å²) in [5.74, 6) is -0.786. The number of carbonyl (C=O) groups excluding carboxylic acids is 2. The molecule has 0 saturated carbocycles. The van der Waals surface area contributed by atoms with E-state index >= 15 is 0 Å². The second kappa shape index (κ2) is 11.0. The third-order valence-electron chi connectivity index (χ3n) is 4.74.